The van der Waals surface area contributed by atoms with Crippen molar-refractivity contribution >= 4 is 17.5 Å². The van der Waals surface area contributed by atoms with Crippen LogP contribution in [0.1, 0.15) is 17.7 Å². The van der Waals surface area contributed by atoms with Gasteiger partial charge in [-0.1, -0.05) is 29.8 Å². The van der Waals surface area contributed by atoms with E-state index in [0.29, 0.717) is 31.0 Å². The van der Waals surface area contributed by atoms with Gasteiger partial charge in [0.1, 0.15) is 0 Å². The Morgan fingerprint density at radius 2 is 2.18 bits per heavy atom. The Balaban J connectivity index is 1.97. The fourth-order valence-electron chi connectivity index (χ4n) is 2.25. The number of benzene rings is 1. The summed E-state index contributed by atoms with van der Waals surface area (Å²) in [4.78, 5) is 18.1. The van der Waals surface area contributed by atoms with E-state index in [2.05, 4.69) is 4.98 Å². The first-order valence-corrected chi connectivity index (χ1v) is 7.57. The molecule has 0 aliphatic carbocycles. The summed E-state index contributed by atoms with van der Waals surface area (Å²) in [5, 5.41) is 9.85. The zero-order valence-corrected chi connectivity index (χ0v) is 13.3. The first-order chi connectivity index (χ1) is 10.6. The third-order valence-electron chi connectivity index (χ3n) is 3.56. The van der Waals surface area contributed by atoms with Gasteiger partial charge in [-0.25, -0.2) is 4.98 Å². The zero-order valence-electron chi connectivity index (χ0n) is 12.6. The van der Waals surface area contributed by atoms with Gasteiger partial charge in [-0.3, -0.25) is 4.79 Å². The van der Waals surface area contributed by atoms with Crippen molar-refractivity contribution < 1.29 is 9.90 Å². The Kier molecular flexibility index (Phi) is 5.98. The van der Waals surface area contributed by atoms with Crippen LogP contribution >= 0.6 is 11.6 Å². The molecule has 0 saturated carbocycles. The fourth-order valence-corrected chi connectivity index (χ4v) is 2.48. The van der Waals surface area contributed by atoms with Crippen molar-refractivity contribution in [3.8, 4) is 0 Å². The molecule has 118 valence electrons. The number of imidazole rings is 1. The first-order valence-electron chi connectivity index (χ1n) is 7.19. The molecule has 2 aromatic rings. The van der Waals surface area contributed by atoms with Crippen molar-refractivity contribution in [3.05, 3.63) is 53.1 Å². The smallest absolute Gasteiger partial charge is 0.223 e. The van der Waals surface area contributed by atoms with Crippen LogP contribution in [0.2, 0.25) is 5.02 Å². The fraction of sp³-hybridized carbons (Fsp3) is 0.375. The normalized spacial score (nSPS) is 10.7. The van der Waals surface area contributed by atoms with Crippen LogP contribution in [0, 0.1) is 0 Å². The van der Waals surface area contributed by atoms with Crippen LogP contribution in [0.15, 0.2) is 36.8 Å². The largest absolute Gasteiger partial charge is 0.395 e. The molecular weight excluding hydrogens is 302 g/mol. The van der Waals surface area contributed by atoms with Crippen LogP contribution < -0.4 is 0 Å². The Morgan fingerprint density at radius 1 is 1.41 bits per heavy atom. The molecule has 1 aromatic carbocycles. The van der Waals surface area contributed by atoms with Gasteiger partial charge < -0.3 is 14.6 Å². The molecule has 1 heterocycles. The molecule has 0 saturated heterocycles. The summed E-state index contributed by atoms with van der Waals surface area (Å²) in [5.41, 5.74) is 1.89. The van der Waals surface area contributed by atoms with E-state index in [0.717, 1.165) is 11.3 Å². The van der Waals surface area contributed by atoms with E-state index in [-0.39, 0.29) is 12.5 Å². The molecule has 0 atom stereocenters. The number of aliphatic hydroxyl groups is 1. The van der Waals surface area contributed by atoms with Crippen LogP contribution in [0.4, 0.5) is 0 Å². The average molecular weight is 322 g/mol. The molecule has 5 nitrogen and oxygen atoms in total. The van der Waals surface area contributed by atoms with Gasteiger partial charge in [0.2, 0.25) is 5.91 Å². The number of carbonyl (C=O) groups is 1. The second-order valence-electron chi connectivity index (χ2n) is 5.13. The van der Waals surface area contributed by atoms with E-state index >= 15 is 0 Å². The number of carbonyl (C=O) groups excluding carboxylic acids is 1. The maximum absolute atomic E-state index is 12.4. The van der Waals surface area contributed by atoms with Crippen molar-refractivity contribution in [3.63, 3.8) is 0 Å². The molecule has 0 spiro atoms. The van der Waals surface area contributed by atoms with E-state index in [4.69, 9.17) is 11.6 Å². The van der Waals surface area contributed by atoms with E-state index < -0.39 is 0 Å². The van der Waals surface area contributed by atoms with Gasteiger partial charge in [-0.2, -0.15) is 0 Å². The van der Waals surface area contributed by atoms with Crippen LogP contribution in [0.25, 0.3) is 0 Å². The van der Waals surface area contributed by atoms with E-state index in [1.807, 2.05) is 35.9 Å². The minimum absolute atomic E-state index is 0.00447. The Hall–Kier alpha value is -1.85. The summed E-state index contributed by atoms with van der Waals surface area (Å²) in [6.45, 7) is 0.695. The van der Waals surface area contributed by atoms with Gasteiger partial charge in [0.25, 0.3) is 0 Å². The standard InChI is InChI=1S/C16H20ClN3O2/c1-19-12-18-10-14(19)11-20(8-9-21)16(22)7-6-13-4-2-3-5-15(13)17/h2-5,10,12,21H,6-9,11H2,1H3. The summed E-state index contributed by atoms with van der Waals surface area (Å²) in [7, 11) is 1.88. The van der Waals surface area contributed by atoms with Crippen LogP contribution in [-0.4, -0.2) is 38.6 Å². The van der Waals surface area contributed by atoms with Gasteiger partial charge in [-0.05, 0) is 18.1 Å². The van der Waals surface area contributed by atoms with Crippen molar-refractivity contribution in [1.29, 1.82) is 0 Å². The third kappa shape index (κ3) is 4.32. The number of halogens is 1. The van der Waals surface area contributed by atoms with Crippen LogP contribution in [0.3, 0.4) is 0 Å². The summed E-state index contributed by atoms with van der Waals surface area (Å²) in [5.74, 6) is -0.00447. The second-order valence-corrected chi connectivity index (χ2v) is 5.53. The second kappa shape index (κ2) is 7.96. The van der Waals surface area contributed by atoms with Gasteiger partial charge in [0, 0.05) is 31.2 Å². The number of aryl methyl sites for hydroxylation is 2. The van der Waals surface area contributed by atoms with Crippen molar-refractivity contribution in [2.45, 2.75) is 19.4 Å². The lowest BCUT2D eigenvalue weighted by Crippen LogP contribution is -2.33. The SMILES string of the molecule is Cn1cncc1CN(CCO)C(=O)CCc1ccccc1Cl. The Labute approximate surface area is 135 Å². The van der Waals surface area contributed by atoms with E-state index in [1.54, 1.807) is 17.4 Å². The van der Waals surface area contributed by atoms with E-state index in [1.165, 1.54) is 0 Å². The topological polar surface area (TPSA) is 58.4 Å². The number of hydrogen-bond donors (Lipinski definition) is 1. The van der Waals surface area contributed by atoms with Crippen molar-refractivity contribution in [2.75, 3.05) is 13.2 Å². The van der Waals surface area contributed by atoms with Crippen LogP contribution in [-0.2, 0) is 24.8 Å². The van der Waals surface area contributed by atoms with E-state index in [9.17, 15) is 9.90 Å². The van der Waals surface area contributed by atoms with Crippen molar-refractivity contribution in [2.24, 2.45) is 7.05 Å². The van der Waals surface area contributed by atoms with Crippen molar-refractivity contribution in [1.82, 2.24) is 14.5 Å². The Morgan fingerprint density at radius 3 is 2.82 bits per heavy atom. The highest BCUT2D eigenvalue weighted by atomic mass is 35.5. The molecule has 0 bridgehead atoms. The number of hydrogen-bond acceptors (Lipinski definition) is 3. The summed E-state index contributed by atoms with van der Waals surface area (Å²) in [6, 6.07) is 7.52. The number of nitrogens with zero attached hydrogens (tertiary/aromatic N) is 3. The summed E-state index contributed by atoms with van der Waals surface area (Å²) < 4.78 is 1.87. The Bertz CT molecular complexity index is 627. The number of rotatable bonds is 7. The molecule has 0 aliphatic heterocycles. The van der Waals surface area contributed by atoms with Gasteiger partial charge in [-0.15, -0.1) is 0 Å². The lowest BCUT2D eigenvalue weighted by molar-refractivity contribution is -0.132. The first kappa shape index (κ1) is 16.5. The maximum atomic E-state index is 12.4. The third-order valence-corrected chi connectivity index (χ3v) is 3.93. The quantitative estimate of drug-likeness (QED) is 0.849. The number of aliphatic hydroxyl groups excluding tert-OH is 1. The average Bonchev–Trinajstić information content (AvgIpc) is 2.91. The van der Waals surface area contributed by atoms with Gasteiger partial charge in [0.15, 0.2) is 0 Å². The zero-order chi connectivity index (χ0) is 15.9. The molecule has 2 rings (SSSR count). The molecule has 0 unspecified atom stereocenters. The number of aromatic nitrogens is 2. The molecule has 0 fully saturated rings. The van der Waals surface area contributed by atoms with Crippen LogP contribution in [0.5, 0.6) is 0 Å². The minimum Gasteiger partial charge on any atom is -0.395 e. The molecule has 1 amide bonds. The molecule has 0 radical (unpaired) electrons. The van der Waals surface area contributed by atoms with Gasteiger partial charge in [0.05, 0.1) is 25.2 Å². The summed E-state index contributed by atoms with van der Waals surface area (Å²) >= 11 is 6.11. The molecular formula is C16H20ClN3O2. The predicted octanol–water partition coefficient (Wildman–Crippen LogP) is 2.03. The lowest BCUT2D eigenvalue weighted by atomic mass is 10.1. The monoisotopic (exact) mass is 321 g/mol. The minimum atomic E-state index is -0.0598. The molecule has 0 aliphatic rings. The highest BCUT2D eigenvalue weighted by Gasteiger charge is 2.15. The summed E-state index contributed by atoms with van der Waals surface area (Å²) in [6.07, 6.45) is 4.37. The highest BCUT2D eigenvalue weighted by molar-refractivity contribution is 6.31. The maximum Gasteiger partial charge on any atom is 0.223 e. The molecule has 1 aromatic heterocycles. The number of amides is 1. The molecule has 6 heteroatoms. The predicted molar refractivity (Wildman–Crippen MR) is 85.5 cm³/mol. The highest BCUT2D eigenvalue weighted by Crippen LogP contribution is 2.17. The van der Waals surface area contributed by atoms with Gasteiger partial charge >= 0.3 is 0 Å². The lowest BCUT2D eigenvalue weighted by Gasteiger charge is -2.22. The molecule has 22 heavy (non-hydrogen) atoms. The molecule has 1 N–H and O–H groups in total.